The van der Waals surface area contributed by atoms with Crippen molar-refractivity contribution in [3.8, 4) is 22.6 Å². The second-order valence-electron chi connectivity index (χ2n) is 8.73. The van der Waals surface area contributed by atoms with Gasteiger partial charge < -0.3 is 14.0 Å². The summed E-state index contributed by atoms with van der Waals surface area (Å²) in [6.07, 6.45) is 5.35. The van der Waals surface area contributed by atoms with Gasteiger partial charge in [0, 0.05) is 23.7 Å². The Bertz CT molecular complexity index is 1700. The maximum Gasteiger partial charge on any atom is 0.145 e. The van der Waals surface area contributed by atoms with Crippen LogP contribution in [0, 0.1) is 0 Å². The summed E-state index contributed by atoms with van der Waals surface area (Å²) >= 11 is 6.59. The van der Waals surface area contributed by atoms with Gasteiger partial charge in [-0.25, -0.2) is 9.97 Å². The fraction of sp³-hybridized carbons (Fsp3) is 0.100. The van der Waals surface area contributed by atoms with Gasteiger partial charge in [0.15, 0.2) is 0 Å². The van der Waals surface area contributed by atoms with Gasteiger partial charge in [0.1, 0.15) is 35.2 Å². The molecule has 3 aromatic heterocycles. The molecule has 3 heterocycles. The molecule has 0 fully saturated rings. The largest absolute Gasteiger partial charge is 0.497 e. The molecule has 0 saturated heterocycles. The Morgan fingerprint density at radius 2 is 1.68 bits per heavy atom. The Kier molecular flexibility index (Phi) is 6.16. The first kappa shape index (κ1) is 23.0. The van der Waals surface area contributed by atoms with Gasteiger partial charge in [0.25, 0.3) is 0 Å². The Morgan fingerprint density at radius 1 is 0.838 bits per heavy atom. The molecule has 182 valence electrons. The molecule has 0 aliphatic rings. The molecule has 0 spiro atoms. The zero-order chi connectivity index (χ0) is 25.2. The third kappa shape index (κ3) is 4.71. The number of pyridine rings is 1. The Labute approximate surface area is 219 Å². The monoisotopic (exact) mass is 506 g/mol. The topological polar surface area (TPSA) is 62.1 Å². The van der Waals surface area contributed by atoms with Crippen LogP contribution in [0.1, 0.15) is 11.1 Å². The van der Waals surface area contributed by atoms with E-state index in [4.69, 9.17) is 21.1 Å². The van der Waals surface area contributed by atoms with Gasteiger partial charge in [-0.2, -0.15) is 0 Å². The average molecular weight is 507 g/mol. The Morgan fingerprint density at radius 3 is 2.49 bits per heavy atom. The van der Waals surface area contributed by atoms with E-state index < -0.39 is 0 Å². The number of benzene rings is 3. The minimum Gasteiger partial charge on any atom is -0.497 e. The lowest BCUT2D eigenvalue weighted by molar-refractivity contribution is 0.305. The van der Waals surface area contributed by atoms with E-state index in [1.165, 1.54) is 11.9 Å². The Hall–Kier alpha value is -4.42. The van der Waals surface area contributed by atoms with Gasteiger partial charge in [0.05, 0.1) is 24.2 Å². The summed E-state index contributed by atoms with van der Waals surface area (Å²) in [6.45, 7) is 1.12. The van der Waals surface area contributed by atoms with E-state index in [9.17, 15) is 0 Å². The molecule has 0 aliphatic heterocycles. The van der Waals surface area contributed by atoms with Crippen LogP contribution in [0.5, 0.6) is 11.5 Å². The molecule has 0 saturated carbocycles. The van der Waals surface area contributed by atoms with E-state index in [1.54, 1.807) is 13.3 Å². The zero-order valence-electron chi connectivity index (χ0n) is 20.1. The second kappa shape index (κ2) is 9.91. The molecule has 6 rings (SSSR count). The summed E-state index contributed by atoms with van der Waals surface area (Å²) in [5.41, 5.74) is 5.90. The molecule has 0 aliphatic carbocycles. The van der Waals surface area contributed by atoms with Gasteiger partial charge >= 0.3 is 0 Å². The van der Waals surface area contributed by atoms with Crippen molar-refractivity contribution in [1.29, 1.82) is 0 Å². The van der Waals surface area contributed by atoms with Crippen molar-refractivity contribution in [2.45, 2.75) is 13.2 Å². The summed E-state index contributed by atoms with van der Waals surface area (Å²) in [4.78, 5) is 13.4. The number of hydrogen-bond donors (Lipinski definition) is 0. The maximum absolute atomic E-state index is 6.59. The number of methoxy groups -OCH3 is 1. The summed E-state index contributed by atoms with van der Waals surface area (Å²) in [6, 6.07) is 26.3. The third-order valence-electron chi connectivity index (χ3n) is 6.33. The van der Waals surface area contributed by atoms with Crippen molar-refractivity contribution >= 4 is 33.5 Å². The van der Waals surface area contributed by atoms with E-state index >= 15 is 0 Å². The lowest BCUT2D eigenvalue weighted by Crippen LogP contribution is -1.99. The molecule has 3 aromatic carbocycles. The van der Waals surface area contributed by atoms with Crippen LogP contribution in [0.2, 0.25) is 5.15 Å². The number of aromatic nitrogens is 4. The first-order valence-corrected chi connectivity index (χ1v) is 12.2. The number of ether oxygens (including phenoxy) is 2. The van der Waals surface area contributed by atoms with E-state index in [0.29, 0.717) is 24.1 Å². The molecule has 0 N–H and O–H groups in total. The van der Waals surface area contributed by atoms with Gasteiger partial charge in [-0.05, 0) is 47.0 Å². The SMILES string of the molecule is COc1ccc(COc2cnc3ccc(-c4cn(Cc5ccccc5)c5ncnc(Cl)c45)cc3c2)cc1. The standard InChI is InChI=1S/C30H23ClN4O2/c1-36-24-10-7-21(8-11-24)18-37-25-14-23-13-22(9-12-27(23)32-15-25)26-17-35(16-20-5-3-2-4-6-20)30-28(26)29(31)33-19-34-30/h2-15,17,19H,16,18H2,1H3. The quantitative estimate of drug-likeness (QED) is 0.219. The van der Waals surface area contributed by atoms with Crippen molar-refractivity contribution in [2.75, 3.05) is 7.11 Å². The molecule has 0 radical (unpaired) electrons. The number of rotatable bonds is 7. The van der Waals surface area contributed by atoms with Crippen LogP contribution in [0.25, 0.3) is 33.1 Å². The van der Waals surface area contributed by atoms with Crippen molar-refractivity contribution in [3.63, 3.8) is 0 Å². The molecule has 0 bridgehead atoms. The lowest BCUT2D eigenvalue weighted by atomic mass is 10.0. The second-order valence-corrected chi connectivity index (χ2v) is 9.09. The highest BCUT2D eigenvalue weighted by Gasteiger charge is 2.16. The molecule has 0 amide bonds. The predicted octanol–water partition coefficient (Wildman–Crippen LogP) is 6.94. The van der Waals surface area contributed by atoms with E-state index in [2.05, 4.69) is 50.0 Å². The van der Waals surface area contributed by atoms with Crippen LogP contribution in [-0.2, 0) is 13.2 Å². The maximum atomic E-state index is 6.59. The third-order valence-corrected chi connectivity index (χ3v) is 6.62. The minimum atomic E-state index is 0.432. The molecule has 0 unspecified atom stereocenters. The number of hydrogen-bond acceptors (Lipinski definition) is 5. The van der Waals surface area contributed by atoms with E-state index in [-0.39, 0.29) is 0 Å². The number of fused-ring (bicyclic) bond motifs is 2. The van der Waals surface area contributed by atoms with Crippen LogP contribution in [0.4, 0.5) is 0 Å². The molecular formula is C30H23ClN4O2. The van der Waals surface area contributed by atoms with Crippen molar-refractivity contribution in [1.82, 2.24) is 19.5 Å². The van der Waals surface area contributed by atoms with Crippen LogP contribution in [0.3, 0.4) is 0 Å². The predicted molar refractivity (Wildman–Crippen MR) is 146 cm³/mol. The lowest BCUT2D eigenvalue weighted by Gasteiger charge is -2.09. The first-order chi connectivity index (χ1) is 18.2. The molecule has 0 atom stereocenters. The van der Waals surface area contributed by atoms with Crippen molar-refractivity contribution in [2.24, 2.45) is 0 Å². The fourth-order valence-corrected chi connectivity index (χ4v) is 4.68. The van der Waals surface area contributed by atoms with Gasteiger partial charge in [-0.3, -0.25) is 4.98 Å². The Balaban J connectivity index is 1.34. The molecular weight excluding hydrogens is 484 g/mol. The van der Waals surface area contributed by atoms with Crippen LogP contribution in [0.15, 0.2) is 97.6 Å². The van der Waals surface area contributed by atoms with E-state index in [0.717, 1.165) is 44.4 Å². The van der Waals surface area contributed by atoms with Gasteiger partial charge in [-0.15, -0.1) is 0 Å². The normalized spacial score (nSPS) is 11.2. The zero-order valence-corrected chi connectivity index (χ0v) is 20.9. The molecule has 6 aromatic rings. The average Bonchev–Trinajstić information content (AvgIpc) is 3.31. The number of nitrogens with zero attached hydrogens (tertiary/aromatic N) is 4. The highest BCUT2D eigenvalue weighted by Crippen LogP contribution is 2.35. The summed E-state index contributed by atoms with van der Waals surface area (Å²) in [5.74, 6) is 1.52. The number of halogens is 1. The van der Waals surface area contributed by atoms with Gasteiger partial charge in [-0.1, -0.05) is 60.1 Å². The van der Waals surface area contributed by atoms with Crippen molar-refractivity contribution < 1.29 is 9.47 Å². The van der Waals surface area contributed by atoms with Crippen LogP contribution in [-0.4, -0.2) is 26.6 Å². The molecule has 7 heteroatoms. The van der Waals surface area contributed by atoms with Crippen LogP contribution >= 0.6 is 11.6 Å². The summed E-state index contributed by atoms with van der Waals surface area (Å²) in [5, 5.41) is 2.24. The molecule has 6 nitrogen and oxygen atoms in total. The minimum absolute atomic E-state index is 0.432. The van der Waals surface area contributed by atoms with Crippen LogP contribution < -0.4 is 9.47 Å². The summed E-state index contributed by atoms with van der Waals surface area (Å²) in [7, 11) is 1.66. The first-order valence-electron chi connectivity index (χ1n) is 11.9. The highest BCUT2D eigenvalue weighted by atomic mass is 35.5. The fourth-order valence-electron chi connectivity index (χ4n) is 4.45. The van der Waals surface area contributed by atoms with Gasteiger partial charge in [0.2, 0.25) is 0 Å². The molecule has 37 heavy (non-hydrogen) atoms. The van der Waals surface area contributed by atoms with E-state index in [1.807, 2.05) is 54.6 Å². The summed E-state index contributed by atoms with van der Waals surface area (Å²) < 4.78 is 13.4. The smallest absolute Gasteiger partial charge is 0.145 e. The van der Waals surface area contributed by atoms with Crippen molar-refractivity contribution in [3.05, 3.63) is 114 Å². The highest BCUT2D eigenvalue weighted by molar-refractivity contribution is 6.35.